The number of nitriles is 1. The van der Waals surface area contributed by atoms with Gasteiger partial charge in [0.05, 0.1) is 6.10 Å². The van der Waals surface area contributed by atoms with Gasteiger partial charge in [-0.3, -0.25) is 14.0 Å². The summed E-state index contributed by atoms with van der Waals surface area (Å²) in [6, 6.07) is 14.3. The smallest absolute Gasteiger partial charge is 0.269 e. The van der Waals surface area contributed by atoms with E-state index in [9.17, 15) is 14.9 Å². The zero-order valence-electron chi connectivity index (χ0n) is 17.6. The van der Waals surface area contributed by atoms with Crippen LogP contribution in [0.2, 0.25) is 0 Å². The molecule has 3 aromatic rings. The van der Waals surface area contributed by atoms with Gasteiger partial charge >= 0.3 is 0 Å². The van der Waals surface area contributed by atoms with Crippen LogP contribution in [-0.2, 0) is 9.53 Å². The minimum Gasteiger partial charge on any atom is -0.438 e. The number of amides is 1. The van der Waals surface area contributed by atoms with E-state index in [2.05, 4.69) is 10.3 Å². The molecule has 1 amide bonds. The second-order valence-electron chi connectivity index (χ2n) is 7.49. The minimum atomic E-state index is -0.582. The molecular formula is C24H22N4O4. The van der Waals surface area contributed by atoms with Crippen LogP contribution in [-0.4, -0.2) is 34.5 Å². The molecule has 4 rings (SSSR count). The average Bonchev–Trinajstić information content (AvgIpc) is 3.33. The maximum atomic E-state index is 13.2. The number of aromatic nitrogens is 2. The van der Waals surface area contributed by atoms with E-state index in [0.29, 0.717) is 24.5 Å². The fraction of sp³-hybridized carbons (Fsp3) is 0.250. The molecule has 1 N–H and O–H groups in total. The Bertz CT molecular complexity index is 1270. The number of pyridine rings is 1. The van der Waals surface area contributed by atoms with E-state index in [1.807, 2.05) is 25.1 Å². The molecule has 0 radical (unpaired) electrons. The summed E-state index contributed by atoms with van der Waals surface area (Å²) in [6.07, 6.45) is 4.54. The number of ether oxygens (including phenoxy) is 2. The topological polar surface area (TPSA) is 106 Å². The van der Waals surface area contributed by atoms with Crippen LogP contribution in [0, 0.1) is 18.3 Å². The summed E-state index contributed by atoms with van der Waals surface area (Å²) in [5.74, 6) is -0.0784. The summed E-state index contributed by atoms with van der Waals surface area (Å²) < 4.78 is 12.7. The molecule has 8 heteroatoms. The number of nitrogens with one attached hydrogen (secondary N) is 1. The molecular weight excluding hydrogens is 408 g/mol. The van der Waals surface area contributed by atoms with Gasteiger partial charge in [-0.25, -0.2) is 0 Å². The van der Waals surface area contributed by atoms with Gasteiger partial charge in [0.25, 0.3) is 11.5 Å². The summed E-state index contributed by atoms with van der Waals surface area (Å²) in [5, 5.41) is 12.3. The molecule has 0 aliphatic carbocycles. The molecule has 1 atom stereocenters. The molecule has 0 spiro atoms. The van der Waals surface area contributed by atoms with Crippen LogP contribution in [0.3, 0.4) is 0 Å². The molecule has 32 heavy (non-hydrogen) atoms. The standard InChI is InChI=1S/C24H22N4O4/c1-16-7-9-18(10-8-16)32-23-20(24(30)28-11-3-2-6-21(28)27-23)13-17(14-25)22(29)26-15-19-5-4-12-31-19/h2-3,6-11,13,19H,4-5,12,15H2,1H3,(H,26,29)/b17-13+. The Balaban J connectivity index is 1.72. The Morgan fingerprint density at radius 3 is 2.88 bits per heavy atom. The Labute approximate surface area is 184 Å². The Hall–Kier alpha value is -3.96. The van der Waals surface area contributed by atoms with Crippen molar-refractivity contribution in [2.24, 2.45) is 0 Å². The average molecular weight is 430 g/mol. The van der Waals surface area contributed by atoms with Gasteiger partial charge in [-0.05, 0) is 50.1 Å². The van der Waals surface area contributed by atoms with Crippen molar-refractivity contribution in [2.75, 3.05) is 13.2 Å². The van der Waals surface area contributed by atoms with Gasteiger partial charge in [-0.15, -0.1) is 0 Å². The highest BCUT2D eigenvalue weighted by Gasteiger charge is 2.20. The summed E-state index contributed by atoms with van der Waals surface area (Å²) in [4.78, 5) is 30.2. The van der Waals surface area contributed by atoms with Crippen LogP contribution in [0.1, 0.15) is 24.0 Å². The first-order chi connectivity index (χ1) is 15.5. The largest absolute Gasteiger partial charge is 0.438 e. The molecule has 1 aliphatic heterocycles. The molecule has 1 aliphatic rings. The normalized spacial score (nSPS) is 16.0. The van der Waals surface area contributed by atoms with Gasteiger partial charge < -0.3 is 14.8 Å². The lowest BCUT2D eigenvalue weighted by atomic mass is 10.1. The van der Waals surface area contributed by atoms with Crippen molar-refractivity contribution in [2.45, 2.75) is 25.9 Å². The van der Waals surface area contributed by atoms with Gasteiger partial charge in [0, 0.05) is 19.3 Å². The summed E-state index contributed by atoms with van der Waals surface area (Å²) >= 11 is 0. The predicted molar refractivity (Wildman–Crippen MR) is 118 cm³/mol. The number of nitrogens with zero attached hydrogens (tertiary/aromatic N) is 3. The third kappa shape index (κ3) is 4.68. The Morgan fingerprint density at radius 1 is 1.34 bits per heavy atom. The van der Waals surface area contributed by atoms with Crippen molar-refractivity contribution in [3.05, 3.63) is 75.7 Å². The number of rotatable bonds is 6. The van der Waals surface area contributed by atoms with Gasteiger partial charge in [-0.1, -0.05) is 23.8 Å². The van der Waals surface area contributed by atoms with Gasteiger partial charge in [0.15, 0.2) is 0 Å². The Kier molecular flexibility index (Phi) is 6.29. The zero-order chi connectivity index (χ0) is 22.5. The van der Waals surface area contributed by atoms with E-state index in [4.69, 9.17) is 9.47 Å². The maximum absolute atomic E-state index is 13.2. The van der Waals surface area contributed by atoms with E-state index in [1.54, 1.807) is 36.5 Å². The van der Waals surface area contributed by atoms with E-state index in [-0.39, 0.29) is 23.1 Å². The molecule has 1 unspecified atom stereocenters. The second-order valence-corrected chi connectivity index (χ2v) is 7.49. The number of hydrogen-bond acceptors (Lipinski definition) is 6. The zero-order valence-corrected chi connectivity index (χ0v) is 17.6. The van der Waals surface area contributed by atoms with Crippen molar-refractivity contribution in [1.82, 2.24) is 14.7 Å². The first-order valence-electron chi connectivity index (χ1n) is 10.3. The molecule has 0 bridgehead atoms. The van der Waals surface area contributed by atoms with Crippen molar-refractivity contribution in [3.63, 3.8) is 0 Å². The van der Waals surface area contributed by atoms with Crippen LogP contribution < -0.4 is 15.6 Å². The summed E-state index contributed by atoms with van der Waals surface area (Å²) in [5.41, 5.74) is 0.791. The molecule has 0 saturated carbocycles. The molecule has 3 heterocycles. The Morgan fingerprint density at radius 2 is 2.16 bits per heavy atom. The van der Waals surface area contributed by atoms with E-state index < -0.39 is 11.5 Å². The summed E-state index contributed by atoms with van der Waals surface area (Å²) in [6.45, 7) is 2.92. The quantitative estimate of drug-likeness (QED) is 0.476. The predicted octanol–water partition coefficient (Wildman–Crippen LogP) is 3.00. The fourth-order valence-corrected chi connectivity index (χ4v) is 3.40. The highest BCUT2D eigenvalue weighted by atomic mass is 16.5. The maximum Gasteiger partial charge on any atom is 0.269 e. The molecule has 1 saturated heterocycles. The van der Waals surface area contributed by atoms with E-state index in [1.165, 1.54) is 10.5 Å². The van der Waals surface area contributed by atoms with Crippen molar-refractivity contribution in [1.29, 1.82) is 5.26 Å². The van der Waals surface area contributed by atoms with Crippen molar-refractivity contribution < 1.29 is 14.3 Å². The molecule has 162 valence electrons. The molecule has 1 fully saturated rings. The van der Waals surface area contributed by atoms with Gasteiger partial charge in [-0.2, -0.15) is 10.2 Å². The highest BCUT2D eigenvalue weighted by Crippen LogP contribution is 2.24. The highest BCUT2D eigenvalue weighted by molar-refractivity contribution is 6.01. The van der Waals surface area contributed by atoms with E-state index in [0.717, 1.165) is 18.4 Å². The molecule has 2 aromatic heterocycles. The monoisotopic (exact) mass is 430 g/mol. The lowest BCUT2D eigenvalue weighted by Crippen LogP contribution is -2.32. The third-order valence-electron chi connectivity index (χ3n) is 5.14. The number of fused-ring (bicyclic) bond motifs is 1. The lowest BCUT2D eigenvalue weighted by Gasteiger charge is -2.12. The second kappa shape index (κ2) is 9.45. The number of hydrogen-bond donors (Lipinski definition) is 1. The van der Waals surface area contributed by atoms with Gasteiger partial charge in [0.1, 0.15) is 28.6 Å². The van der Waals surface area contributed by atoms with E-state index >= 15 is 0 Å². The minimum absolute atomic E-state index is 0.0121. The van der Waals surface area contributed by atoms with Crippen LogP contribution in [0.5, 0.6) is 11.6 Å². The number of carbonyl (C=O) groups is 1. The first kappa shape index (κ1) is 21.3. The van der Waals surface area contributed by atoms with Crippen LogP contribution in [0.4, 0.5) is 0 Å². The van der Waals surface area contributed by atoms with Crippen LogP contribution in [0.25, 0.3) is 11.7 Å². The molecule has 8 nitrogen and oxygen atoms in total. The molecule has 1 aromatic carbocycles. The van der Waals surface area contributed by atoms with Gasteiger partial charge in [0.2, 0.25) is 5.88 Å². The number of carbonyl (C=O) groups excluding carboxylic acids is 1. The SMILES string of the molecule is Cc1ccc(Oc2nc3ccccn3c(=O)c2/C=C(\C#N)C(=O)NCC2CCCO2)cc1. The number of aryl methyl sites for hydroxylation is 1. The first-order valence-corrected chi connectivity index (χ1v) is 10.3. The summed E-state index contributed by atoms with van der Waals surface area (Å²) in [7, 11) is 0. The third-order valence-corrected chi connectivity index (χ3v) is 5.14. The van der Waals surface area contributed by atoms with Crippen molar-refractivity contribution in [3.8, 4) is 17.7 Å². The lowest BCUT2D eigenvalue weighted by molar-refractivity contribution is -0.117. The number of benzene rings is 1. The van der Waals surface area contributed by atoms with Crippen molar-refractivity contribution >= 4 is 17.6 Å². The fourth-order valence-electron chi connectivity index (χ4n) is 3.40. The van der Waals surface area contributed by atoms with Crippen LogP contribution in [0.15, 0.2) is 59.0 Å². The van der Waals surface area contributed by atoms with Crippen LogP contribution >= 0.6 is 0 Å².